The Morgan fingerprint density at radius 3 is 2.81 bits per heavy atom. The van der Waals surface area contributed by atoms with E-state index in [9.17, 15) is 4.79 Å². The molecule has 11 heteroatoms. The van der Waals surface area contributed by atoms with Crippen LogP contribution in [0, 0.1) is 11.7 Å². The van der Waals surface area contributed by atoms with Crippen molar-refractivity contribution >= 4 is 34.2 Å². The Morgan fingerprint density at radius 1 is 1.22 bits per heavy atom. The van der Waals surface area contributed by atoms with Crippen LogP contribution in [0.25, 0.3) is 33.5 Å². The van der Waals surface area contributed by atoms with Gasteiger partial charge < -0.3 is 24.2 Å². The zero-order chi connectivity index (χ0) is 24.8. The number of fused-ring (bicyclic) bond motifs is 2. The fourth-order valence-electron chi connectivity index (χ4n) is 4.92. The first-order valence-corrected chi connectivity index (χ1v) is 12.2. The zero-order valence-electron chi connectivity index (χ0n) is 20.3. The number of ether oxygens (including phenoxy) is 2. The van der Waals surface area contributed by atoms with Gasteiger partial charge in [-0.3, -0.25) is 9.47 Å². The van der Waals surface area contributed by atoms with E-state index < -0.39 is 0 Å². The van der Waals surface area contributed by atoms with Crippen LogP contribution in [0.1, 0.15) is 6.92 Å². The van der Waals surface area contributed by atoms with Crippen molar-refractivity contribution in [1.29, 1.82) is 0 Å². The van der Waals surface area contributed by atoms with Crippen molar-refractivity contribution in [2.45, 2.75) is 13.0 Å². The highest BCUT2D eigenvalue weighted by atomic mass is 19.1. The van der Waals surface area contributed by atoms with Crippen molar-refractivity contribution in [2.75, 3.05) is 50.8 Å². The molecule has 0 amide bonds. The van der Waals surface area contributed by atoms with Crippen LogP contribution in [-0.2, 0) is 16.6 Å². The van der Waals surface area contributed by atoms with E-state index >= 15 is 4.39 Å². The number of rotatable bonds is 7. The number of hydrogen-bond acceptors (Lipinski definition) is 8. The Labute approximate surface area is 207 Å². The molecular formula is C25H28FN7O3. The second-order valence-electron chi connectivity index (χ2n) is 9.53. The van der Waals surface area contributed by atoms with Crippen molar-refractivity contribution in [3.63, 3.8) is 0 Å². The molecule has 6 rings (SSSR count). The number of nitrogens with zero attached hydrogens (tertiary/aromatic N) is 6. The Hall–Kier alpha value is -3.57. The van der Waals surface area contributed by atoms with E-state index in [0.29, 0.717) is 60.7 Å². The van der Waals surface area contributed by atoms with Gasteiger partial charge >= 0.3 is 0 Å². The lowest BCUT2D eigenvalue weighted by molar-refractivity contribution is -0.112. The maximum absolute atomic E-state index is 15.1. The largest absolute Gasteiger partial charge is 0.459 e. The molecule has 188 valence electrons. The lowest BCUT2D eigenvalue weighted by Crippen LogP contribution is -2.55. The highest BCUT2D eigenvalue weighted by molar-refractivity contribution is 5.95. The molecule has 0 spiro atoms. The highest BCUT2D eigenvalue weighted by Gasteiger charge is 2.31. The summed E-state index contributed by atoms with van der Waals surface area (Å²) in [5.41, 5.74) is 2.36. The quantitative estimate of drug-likeness (QED) is 0.392. The lowest BCUT2D eigenvalue weighted by Gasteiger charge is -2.39. The molecule has 3 aromatic heterocycles. The van der Waals surface area contributed by atoms with Crippen LogP contribution >= 0.6 is 0 Å². The molecule has 2 saturated heterocycles. The Balaban J connectivity index is 1.40. The fourth-order valence-corrected chi connectivity index (χ4v) is 4.92. The summed E-state index contributed by atoms with van der Waals surface area (Å²) in [6.07, 6.45) is 2.73. The number of aldehydes is 1. The summed E-state index contributed by atoms with van der Waals surface area (Å²) in [5.74, 6) is 0.563. The molecule has 0 saturated carbocycles. The minimum absolute atomic E-state index is 0.00338. The molecular weight excluding hydrogens is 465 g/mol. The number of aryl methyl sites for hydroxylation is 1. The molecule has 1 N–H and O–H groups in total. The van der Waals surface area contributed by atoms with E-state index in [4.69, 9.17) is 24.4 Å². The van der Waals surface area contributed by atoms with Crippen molar-refractivity contribution in [2.24, 2.45) is 13.0 Å². The van der Waals surface area contributed by atoms with Gasteiger partial charge in [0.25, 0.3) is 6.01 Å². The number of anilines is 1. The average molecular weight is 494 g/mol. The van der Waals surface area contributed by atoms with E-state index in [1.165, 1.54) is 6.07 Å². The first-order chi connectivity index (χ1) is 17.5. The number of aromatic amines is 1. The van der Waals surface area contributed by atoms with Crippen LogP contribution in [0.3, 0.4) is 0 Å². The van der Waals surface area contributed by atoms with E-state index in [1.807, 2.05) is 20.0 Å². The van der Waals surface area contributed by atoms with Gasteiger partial charge in [0, 0.05) is 62.8 Å². The third kappa shape index (κ3) is 3.97. The number of carbonyl (C=O) groups excluding carboxylic acids is 1. The smallest absolute Gasteiger partial charge is 0.298 e. The molecule has 2 fully saturated rings. The zero-order valence-corrected chi connectivity index (χ0v) is 20.3. The number of carbonyl (C=O) groups is 1. The second kappa shape index (κ2) is 9.14. The molecule has 0 bridgehead atoms. The number of nitrogens with one attached hydrogen (secondary N) is 1. The van der Waals surface area contributed by atoms with E-state index in [2.05, 4.69) is 14.8 Å². The van der Waals surface area contributed by atoms with E-state index in [1.54, 1.807) is 16.8 Å². The lowest BCUT2D eigenvalue weighted by atomic mass is 10.1. The van der Waals surface area contributed by atoms with Crippen molar-refractivity contribution in [1.82, 2.24) is 29.4 Å². The maximum Gasteiger partial charge on any atom is 0.298 e. The van der Waals surface area contributed by atoms with Gasteiger partial charge in [0.05, 0.1) is 18.8 Å². The van der Waals surface area contributed by atoms with Crippen LogP contribution in [0.2, 0.25) is 0 Å². The molecule has 10 nitrogen and oxygen atoms in total. The summed E-state index contributed by atoms with van der Waals surface area (Å²) in [6.45, 7) is 6.56. The topological polar surface area (TPSA) is 101 Å². The Bertz CT molecular complexity index is 1420. The molecule has 2 aliphatic heterocycles. The summed E-state index contributed by atoms with van der Waals surface area (Å²) in [7, 11) is 1.85. The molecule has 1 unspecified atom stereocenters. The van der Waals surface area contributed by atoms with Crippen LogP contribution in [-0.4, -0.2) is 87.7 Å². The Kier molecular flexibility index (Phi) is 5.81. The Morgan fingerprint density at radius 2 is 2.03 bits per heavy atom. The van der Waals surface area contributed by atoms with Gasteiger partial charge in [0.2, 0.25) is 0 Å². The summed E-state index contributed by atoms with van der Waals surface area (Å²) in [5, 5.41) is 0.722. The number of benzene rings is 1. The maximum atomic E-state index is 15.1. The number of imidazole rings is 1. The number of likely N-dealkylation sites (tertiary alicyclic amines) is 1. The van der Waals surface area contributed by atoms with Gasteiger partial charge in [0.1, 0.15) is 18.2 Å². The molecule has 0 radical (unpaired) electrons. The summed E-state index contributed by atoms with van der Waals surface area (Å²) in [6, 6.07) is 5.42. The van der Waals surface area contributed by atoms with Gasteiger partial charge in [-0.1, -0.05) is 6.92 Å². The molecule has 5 heterocycles. The van der Waals surface area contributed by atoms with Crippen molar-refractivity contribution < 1.29 is 18.7 Å². The first kappa shape index (κ1) is 22.9. The first-order valence-electron chi connectivity index (χ1n) is 12.2. The summed E-state index contributed by atoms with van der Waals surface area (Å²) >= 11 is 0. The molecule has 1 aromatic carbocycles. The normalized spacial score (nSPS) is 18.0. The number of morpholine rings is 1. The number of halogens is 1. The minimum atomic E-state index is -0.382. The van der Waals surface area contributed by atoms with Gasteiger partial charge in [-0.25, -0.2) is 14.4 Å². The van der Waals surface area contributed by atoms with Gasteiger partial charge in [-0.2, -0.15) is 4.98 Å². The predicted octanol–water partition coefficient (Wildman–Crippen LogP) is 2.39. The molecule has 36 heavy (non-hydrogen) atoms. The monoisotopic (exact) mass is 493 g/mol. The molecule has 2 aliphatic rings. The molecule has 4 aromatic rings. The van der Waals surface area contributed by atoms with E-state index in [-0.39, 0.29) is 17.8 Å². The third-order valence-corrected chi connectivity index (χ3v) is 6.85. The van der Waals surface area contributed by atoms with Crippen LogP contribution < -0.4 is 9.64 Å². The van der Waals surface area contributed by atoms with Crippen LogP contribution in [0.15, 0.2) is 24.4 Å². The number of aromatic nitrogens is 5. The van der Waals surface area contributed by atoms with Crippen LogP contribution in [0.5, 0.6) is 6.01 Å². The summed E-state index contributed by atoms with van der Waals surface area (Å²) < 4.78 is 28.7. The van der Waals surface area contributed by atoms with Gasteiger partial charge in [-0.05, 0) is 18.2 Å². The van der Waals surface area contributed by atoms with Crippen molar-refractivity contribution in [3.8, 4) is 17.4 Å². The molecule has 1 atom stereocenters. The molecule has 0 aliphatic carbocycles. The van der Waals surface area contributed by atoms with Crippen molar-refractivity contribution in [3.05, 3.63) is 30.2 Å². The van der Waals surface area contributed by atoms with Gasteiger partial charge in [-0.15, -0.1) is 0 Å². The minimum Gasteiger partial charge on any atom is -0.459 e. The van der Waals surface area contributed by atoms with Gasteiger partial charge in [0.15, 0.2) is 22.8 Å². The number of hydrogen-bond donors (Lipinski definition) is 1. The standard InChI is InChI=1S/C25H28FN7O3/c1-15(14-34)11-32-12-16(13-32)36-25-28-21-23(31(25)2)29-22(30-24(21)33-7-9-35-10-8-33)20-17-5-6-27-19(17)4-3-18(20)26/h3-6,14-16,27H,7-13H2,1-2H3. The van der Waals surface area contributed by atoms with E-state index in [0.717, 1.165) is 36.8 Å². The SMILES string of the molecule is CC(C=O)CN1CC(Oc2nc3c(N4CCOCC4)nc(-c4c(F)ccc5[nH]ccc45)nc3n2C)C1. The number of H-pyrrole nitrogens is 1. The average Bonchev–Trinajstić information content (AvgIpc) is 3.47. The summed E-state index contributed by atoms with van der Waals surface area (Å²) in [4.78, 5) is 32.8. The predicted molar refractivity (Wildman–Crippen MR) is 133 cm³/mol. The highest BCUT2D eigenvalue weighted by Crippen LogP contribution is 2.34. The third-order valence-electron chi connectivity index (χ3n) is 6.85. The fraction of sp³-hybridized carbons (Fsp3) is 0.440. The second-order valence-corrected chi connectivity index (χ2v) is 9.53. The van der Waals surface area contributed by atoms with Crippen LogP contribution in [0.4, 0.5) is 10.2 Å².